The highest BCUT2D eigenvalue weighted by atomic mass is 32.1. The predicted molar refractivity (Wildman–Crippen MR) is 69.0 cm³/mol. The fourth-order valence-electron chi connectivity index (χ4n) is 1.46. The largest absolute Gasteiger partial charge is 0.480 e. The SMILES string of the molecule is CC[C@H](NC(=O)c1csc(-c2ccco2)n1)C(=O)O. The van der Waals surface area contributed by atoms with Crippen molar-refractivity contribution < 1.29 is 19.1 Å². The third-order valence-electron chi connectivity index (χ3n) is 2.48. The first-order valence-corrected chi connectivity index (χ1v) is 6.53. The van der Waals surface area contributed by atoms with Gasteiger partial charge in [0.25, 0.3) is 5.91 Å². The molecule has 1 atom stereocenters. The summed E-state index contributed by atoms with van der Waals surface area (Å²) in [6.45, 7) is 1.69. The molecule has 2 heterocycles. The van der Waals surface area contributed by atoms with Crippen LogP contribution in [0.2, 0.25) is 0 Å². The number of hydrogen-bond donors (Lipinski definition) is 2. The van der Waals surface area contributed by atoms with Crippen molar-refractivity contribution in [1.82, 2.24) is 10.3 Å². The van der Waals surface area contributed by atoms with Gasteiger partial charge in [0.2, 0.25) is 0 Å². The zero-order valence-electron chi connectivity index (χ0n) is 10.1. The number of aromatic nitrogens is 1. The minimum absolute atomic E-state index is 0.191. The Morgan fingerprint density at radius 3 is 2.95 bits per heavy atom. The number of nitrogens with zero attached hydrogens (tertiary/aromatic N) is 1. The molecule has 0 bridgehead atoms. The summed E-state index contributed by atoms with van der Waals surface area (Å²) in [5, 5.41) is 13.4. The van der Waals surface area contributed by atoms with Gasteiger partial charge in [0.15, 0.2) is 10.8 Å². The highest BCUT2D eigenvalue weighted by Gasteiger charge is 2.20. The van der Waals surface area contributed by atoms with Gasteiger partial charge in [-0.05, 0) is 18.6 Å². The second-order valence-corrected chi connectivity index (χ2v) is 4.65. The van der Waals surface area contributed by atoms with Crippen LogP contribution in [0.1, 0.15) is 23.8 Å². The van der Waals surface area contributed by atoms with Gasteiger partial charge in [-0.2, -0.15) is 0 Å². The topological polar surface area (TPSA) is 92.4 Å². The molecule has 19 heavy (non-hydrogen) atoms. The number of thiazole rings is 1. The molecule has 2 rings (SSSR count). The average molecular weight is 280 g/mol. The van der Waals surface area contributed by atoms with Crippen LogP contribution in [0.5, 0.6) is 0 Å². The maximum absolute atomic E-state index is 11.8. The van der Waals surface area contributed by atoms with Crippen LogP contribution in [0.25, 0.3) is 10.8 Å². The van der Waals surface area contributed by atoms with Gasteiger partial charge < -0.3 is 14.8 Å². The van der Waals surface area contributed by atoms with E-state index in [-0.39, 0.29) is 5.69 Å². The molecule has 0 aliphatic rings. The lowest BCUT2D eigenvalue weighted by molar-refractivity contribution is -0.139. The molecule has 0 radical (unpaired) electrons. The van der Waals surface area contributed by atoms with E-state index in [0.29, 0.717) is 17.2 Å². The number of rotatable bonds is 5. The summed E-state index contributed by atoms with van der Waals surface area (Å²) in [5.74, 6) is -0.977. The third kappa shape index (κ3) is 3.00. The highest BCUT2D eigenvalue weighted by molar-refractivity contribution is 7.13. The number of hydrogen-bond acceptors (Lipinski definition) is 5. The molecule has 0 unspecified atom stereocenters. The average Bonchev–Trinajstić information content (AvgIpc) is 3.04. The van der Waals surface area contributed by atoms with Gasteiger partial charge in [-0.3, -0.25) is 4.79 Å². The van der Waals surface area contributed by atoms with Crippen molar-refractivity contribution in [3.05, 3.63) is 29.5 Å². The number of amides is 1. The summed E-state index contributed by atoms with van der Waals surface area (Å²) in [6.07, 6.45) is 1.84. The van der Waals surface area contributed by atoms with Crippen LogP contribution < -0.4 is 5.32 Å². The van der Waals surface area contributed by atoms with Gasteiger partial charge in [-0.15, -0.1) is 11.3 Å². The van der Waals surface area contributed by atoms with E-state index in [0.717, 1.165) is 0 Å². The first-order chi connectivity index (χ1) is 9.11. The van der Waals surface area contributed by atoms with E-state index in [4.69, 9.17) is 9.52 Å². The maximum atomic E-state index is 11.8. The lowest BCUT2D eigenvalue weighted by Crippen LogP contribution is -2.40. The standard InChI is InChI=1S/C12H12N2O4S/c1-2-7(12(16)17)13-10(15)8-6-19-11(14-8)9-4-3-5-18-9/h3-7H,2H2,1H3,(H,13,15)(H,16,17)/t7-/m0/s1. The summed E-state index contributed by atoms with van der Waals surface area (Å²) < 4.78 is 5.18. The van der Waals surface area contributed by atoms with Gasteiger partial charge in [0.05, 0.1) is 6.26 Å². The first-order valence-electron chi connectivity index (χ1n) is 5.65. The predicted octanol–water partition coefficient (Wildman–Crippen LogP) is 2.00. The van der Waals surface area contributed by atoms with Crippen LogP contribution in [0.15, 0.2) is 28.2 Å². The van der Waals surface area contributed by atoms with E-state index in [1.54, 1.807) is 24.4 Å². The molecule has 2 aromatic heterocycles. The van der Waals surface area contributed by atoms with Crippen molar-refractivity contribution in [2.45, 2.75) is 19.4 Å². The number of nitrogens with one attached hydrogen (secondary N) is 1. The van der Waals surface area contributed by atoms with E-state index >= 15 is 0 Å². The number of carboxylic acid groups (broad SMARTS) is 1. The normalized spacial score (nSPS) is 12.1. The van der Waals surface area contributed by atoms with Gasteiger partial charge >= 0.3 is 5.97 Å². The van der Waals surface area contributed by atoms with Gasteiger partial charge in [0, 0.05) is 5.38 Å². The van der Waals surface area contributed by atoms with Crippen molar-refractivity contribution in [3.63, 3.8) is 0 Å². The van der Waals surface area contributed by atoms with E-state index < -0.39 is 17.9 Å². The van der Waals surface area contributed by atoms with E-state index in [1.807, 2.05) is 0 Å². The second kappa shape index (κ2) is 5.66. The van der Waals surface area contributed by atoms with Gasteiger partial charge in [-0.1, -0.05) is 6.92 Å². The third-order valence-corrected chi connectivity index (χ3v) is 3.34. The van der Waals surface area contributed by atoms with Crippen molar-refractivity contribution in [3.8, 4) is 10.8 Å². The number of aliphatic carboxylic acids is 1. The Morgan fingerprint density at radius 1 is 1.58 bits per heavy atom. The Kier molecular flexibility index (Phi) is 3.96. The van der Waals surface area contributed by atoms with E-state index in [9.17, 15) is 9.59 Å². The summed E-state index contributed by atoms with van der Waals surface area (Å²) in [5.41, 5.74) is 0.191. The molecular formula is C12H12N2O4S. The molecular weight excluding hydrogens is 268 g/mol. The second-order valence-electron chi connectivity index (χ2n) is 3.79. The fraction of sp³-hybridized carbons (Fsp3) is 0.250. The molecule has 0 spiro atoms. The van der Waals surface area contributed by atoms with Crippen molar-refractivity contribution in [2.24, 2.45) is 0 Å². The Bertz CT molecular complexity index is 576. The number of furan rings is 1. The number of carbonyl (C=O) groups is 2. The molecule has 0 fully saturated rings. The van der Waals surface area contributed by atoms with E-state index in [2.05, 4.69) is 10.3 Å². The Balaban J connectivity index is 2.10. The Hall–Kier alpha value is -2.15. The van der Waals surface area contributed by atoms with Crippen LogP contribution in [-0.2, 0) is 4.79 Å². The van der Waals surface area contributed by atoms with Crippen molar-refractivity contribution in [2.75, 3.05) is 0 Å². The summed E-state index contributed by atoms with van der Waals surface area (Å²) >= 11 is 1.27. The zero-order valence-corrected chi connectivity index (χ0v) is 10.9. The lowest BCUT2D eigenvalue weighted by atomic mass is 10.2. The molecule has 0 saturated carbocycles. The molecule has 2 aromatic rings. The summed E-state index contributed by atoms with van der Waals surface area (Å²) in [7, 11) is 0. The minimum Gasteiger partial charge on any atom is -0.480 e. The van der Waals surface area contributed by atoms with Crippen molar-refractivity contribution >= 4 is 23.2 Å². The molecule has 0 aromatic carbocycles. The van der Waals surface area contributed by atoms with Crippen LogP contribution in [0.3, 0.4) is 0 Å². The number of carboxylic acids is 1. The molecule has 6 nitrogen and oxygen atoms in total. The maximum Gasteiger partial charge on any atom is 0.326 e. The monoisotopic (exact) mass is 280 g/mol. The highest BCUT2D eigenvalue weighted by Crippen LogP contribution is 2.23. The van der Waals surface area contributed by atoms with Crippen LogP contribution in [0.4, 0.5) is 0 Å². The zero-order chi connectivity index (χ0) is 13.8. The minimum atomic E-state index is -1.06. The quantitative estimate of drug-likeness (QED) is 0.873. The fourth-order valence-corrected chi connectivity index (χ4v) is 2.23. The molecule has 0 aliphatic heterocycles. The summed E-state index contributed by atoms with van der Waals surface area (Å²) in [6, 6.07) is 2.57. The molecule has 2 N–H and O–H groups in total. The smallest absolute Gasteiger partial charge is 0.326 e. The van der Waals surface area contributed by atoms with Crippen LogP contribution in [0, 0.1) is 0 Å². The molecule has 1 amide bonds. The van der Waals surface area contributed by atoms with Crippen LogP contribution in [-0.4, -0.2) is 28.0 Å². The van der Waals surface area contributed by atoms with Gasteiger partial charge in [0.1, 0.15) is 11.7 Å². The van der Waals surface area contributed by atoms with Crippen LogP contribution >= 0.6 is 11.3 Å². The van der Waals surface area contributed by atoms with Crippen molar-refractivity contribution in [1.29, 1.82) is 0 Å². The molecule has 7 heteroatoms. The molecule has 100 valence electrons. The Morgan fingerprint density at radius 2 is 2.37 bits per heavy atom. The van der Waals surface area contributed by atoms with Gasteiger partial charge in [-0.25, -0.2) is 9.78 Å². The first kappa shape index (κ1) is 13.3. The Labute approximate surface area is 113 Å². The number of carbonyl (C=O) groups excluding carboxylic acids is 1. The molecule has 0 saturated heterocycles. The lowest BCUT2D eigenvalue weighted by Gasteiger charge is -2.10. The van der Waals surface area contributed by atoms with E-state index in [1.165, 1.54) is 17.6 Å². The summed E-state index contributed by atoms with van der Waals surface area (Å²) in [4.78, 5) is 26.8. The molecule has 0 aliphatic carbocycles.